The van der Waals surface area contributed by atoms with Gasteiger partial charge in [0.25, 0.3) is 0 Å². The summed E-state index contributed by atoms with van der Waals surface area (Å²) in [4.78, 5) is 0. The van der Waals surface area contributed by atoms with Gasteiger partial charge in [-0.05, 0) is 85.2 Å². The summed E-state index contributed by atoms with van der Waals surface area (Å²) in [6.07, 6.45) is 21.5. The van der Waals surface area contributed by atoms with Crippen LogP contribution in [0, 0.1) is 16.4 Å². The van der Waals surface area contributed by atoms with Crippen LogP contribution < -0.4 is 0 Å². The van der Waals surface area contributed by atoms with Crippen LogP contribution in [0.2, 0.25) is 0 Å². The van der Waals surface area contributed by atoms with E-state index in [1.54, 1.807) is 0 Å². The third kappa shape index (κ3) is 7.43. The van der Waals surface area contributed by atoms with Crippen molar-refractivity contribution in [2.75, 3.05) is 0 Å². The van der Waals surface area contributed by atoms with Gasteiger partial charge in [0.15, 0.2) is 16.1 Å². The topological polar surface area (TPSA) is 13.1 Å². The number of hydrogen-bond acceptors (Lipinski definition) is 2. The lowest BCUT2D eigenvalue weighted by Gasteiger charge is -2.29. The maximum absolute atomic E-state index is 15.4. The van der Waals surface area contributed by atoms with Gasteiger partial charge in [-0.3, -0.25) is 0 Å². The zero-order valence-electron chi connectivity index (χ0n) is 23.3. The molecule has 1 fully saturated rings. The van der Waals surface area contributed by atoms with Crippen molar-refractivity contribution in [2.45, 2.75) is 129 Å². The molecular formula is C34H47FOS. The van der Waals surface area contributed by atoms with Crippen LogP contribution >= 0.6 is 12.2 Å². The molecule has 0 aliphatic heterocycles. The minimum atomic E-state index is -0.226. The predicted molar refractivity (Wildman–Crippen MR) is 160 cm³/mol. The molecule has 202 valence electrons. The summed E-state index contributed by atoms with van der Waals surface area (Å²) in [6.45, 7) is 4.51. The zero-order valence-corrected chi connectivity index (χ0v) is 24.1. The van der Waals surface area contributed by atoms with Crippen molar-refractivity contribution in [1.82, 2.24) is 0 Å². The van der Waals surface area contributed by atoms with E-state index in [9.17, 15) is 0 Å². The third-order valence-corrected chi connectivity index (χ3v) is 9.06. The van der Waals surface area contributed by atoms with Crippen LogP contribution in [-0.2, 0) is 6.42 Å². The largest absolute Gasteiger partial charge is 0.441 e. The molecule has 1 saturated carbocycles. The second-order valence-electron chi connectivity index (χ2n) is 11.5. The molecule has 0 radical (unpaired) electrons. The van der Waals surface area contributed by atoms with E-state index in [1.807, 2.05) is 12.1 Å². The summed E-state index contributed by atoms with van der Waals surface area (Å²) < 4.78 is 21.8. The lowest BCUT2D eigenvalue weighted by molar-refractivity contribution is 0.302. The molecule has 4 rings (SSSR count). The van der Waals surface area contributed by atoms with Gasteiger partial charge in [0, 0.05) is 10.8 Å². The minimum Gasteiger partial charge on any atom is -0.441 e. The standard InChI is InChI=1S/C34H47FOS/c1-3-5-7-9-11-13-15-27-20-23-30-29-22-21-28(24-31(29)34(37)36-33(30)32(27)35)26-18-16-25(17-19-26)14-12-10-8-6-4-2/h20-26H,3-19H2,1-2H3. The van der Waals surface area contributed by atoms with Gasteiger partial charge in [-0.25, -0.2) is 4.39 Å². The Morgan fingerprint density at radius 1 is 0.757 bits per heavy atom. The Bertz CT molecular complexity index is 1190. The average Bonchev–Trinajstić information content (AvgIpc) is 2.92. The fourth-order valence-corrected chi connectivity index (χ4v) is 6.64. The van der Waals surface area contributed by atoms with Crippen LogP contribution in [0.3, 0.4) is 0 Å². The summed E-state index contributed by atoms with van der Waals surface area (Å²) in [5.74, 6) is 1.28. The highest BCUT2D eigenvalue weighted by atomic mass is 32.1. The molecule has 0 unspecified atom stereocenters. The molecule has 1 heterocycles. The highest BCUT2D eigenvalue weighted by Crippen LogP contribution is 2.40. The van der Waals surface area contributed by atoms with Crippen molar-refractivity contribution < 1.29 is 8.81 Å². The predicted octanol–water partition coefficient (Wildman–Crippen LogP) is 12.0. The number of benzene rings is 2. The number of halogens is 1. The lowest BCUT2D eigenvalue weighted by Crippen LogP contribution is -2.13. The SMILES string of the molecule is CCCCCCCCc1ccc2c(oc(=S)c3cc(C4CCC(CCCCCCC)CC4)ccc32)c1F. The Morgan fingerprint density at radius 3 is 2.14 bits per heavy atom. The molecule has 1 aliphatic rings. The van der Waals surface area contributed by atoms with E-state index < -0.39 is 0 Å². The zero-order chi connectivity index (χ0) is 26.0. The van der Waals surface area contributed by atoms with Crippen LogP contribution in [0.15, 0.2) is 34.7 Å². The van der Waals surface area contributed by atoms with Crippen molar-refractivity contribution in [3.8, 4) is 0 Å². The molecule has 3 aromatic rings. The molecule has 0 atom stereocenters. The molecule has 0 bridgehead atoms. The smallest absolute Gasteiger partial charge is 0.198 e. The van der Waals surface area contributed by atoms with Crippen molar-refractivity contribution in [3.05, 3.63) is 52.0 Å². The number of rotatable bonds is 14. The van der Waals surface area contributed by atoms with Gasteiger partial charge in [-0.1, -0.05) is 109 Å². The minimum absolute atomic E-state index is 0.226. The first-order chi connectivity index (χ1) is 18.1. The van der Waals surface area contributed by atoms with Gasteiger partial charge >= 0.3 is 0 Å². The van der Waals surface area contributed by atoms with Crippen molar-refractivity contribution in [2.24, 2.45) is 5.92 Å². The van der Waals surface area contributed by atoms with Crippen LogP contribution in [-0.4, -0.2) is 0 Å². The van der Waals surface area contributed by atoms with Gasteiger partial charge in [0.2, 0.25) is 0 Å². The molecule has 1 nitrogen and oxygen atoms in total. The fourth-order valence-electron chi connectivity index (χ4n) is 6.39. The first-order valence-corrected chi connectivity index (χ1v) is 15.7. The van der Waals surface area contributed by atoms with Crippen LogP contribution in [0.5, 0.6) is 0 Å². The molecule has 0 amide bonds. The number of aryl methyl sites for hydroxylation is 1. The molecule has 1 aliphatic carbocycles. The van der Waals surface area contributed by atoms with Gasteiger partial charge in [-0.15, -0.1) is 0 Å². The summed E-state index contributed by atoms with van der Waals surface area (Å²) >= 11 is 5.66. The van der Waals surface area contributed by atoms with Crippen LogP contribution in [0.1, 0.15) is 134 Å². The highest BCUT2D eigenvalue weighted by Gasteiger charge is 2.23. The number of unbranched alkanes of at least 4 members (excludes halogenated alkanes) is 9. The molecule has 3 heteroatoms. The molecule has 2 aromatic carbocycles. The number of hydrogen-bond donors (Lipinski definition) is 0. The summed E-state index contributed by atoms with van der Waals surface area (Å²) in [6, 6.07) is 10.6. The van der Waals surface area contributed by atoms with Crippen LogP contribution in [0.4, 0.5) is 4.39 Å². The van der Waals surface area contributed by atoms with E-state index in [0.29, 0.717) is 16.2 Å². The first kappa shape index (κ1) is 28.3. The van der Waals surface area contributed by atoms with E-state index in [2.05, 4.69) is 32.0 Å². The average molecular weight is 523 g/mol. The van der Waals surface area contributed by atoms with E-state index in [1.165, 1.54) is 95.5 Å². The Hall–Kier alpha value is -1.74. The normalized spacial score (nSPS) is 18.1. The molecule has 37 heavy (non-hydrogen) atoms. The number of fused-ring (bicyclic) bond motifs is 3. The van der Waals surface area contributed by atoms with Gasteiger partial charge in [0.1, 0.15) is 0 Å². The van der Waals surface area contributed by atoms with Crippen molar-refractivity contribution in [1.29, 1.82) is 0 Å². The Morgan fingerprint density at radius 2 is 1.41 bits per heavy atom. The Labute approximate surface area is 229 Å². The van der Waals surface area contributed by atoms with Crippen molar-refractivity contribution >= 4 is 34.0 Å². The van der Waals surface area contributed by atoms with E-state index in [4.69, 9.17) is 16.6 Å². The highest BCUT2D eigenvalue weighted by molar-refractivity contribution is 7.71. The molecule has 0 spiro atoms. The van der Waals surface area contributed by atoms with Gasteiger partial charge in [-0.2, -0.15) is 0 Å². The second-order valence-corrected chi connectivity index (χ2v) is 11.9. The molecule has 0 N–H and O–H groups in total. The summed E-state index contributed by atoms with van der Waals surface area (Å²) in [5.41, 5.74) is 2.45. The second kappa shape index (κ2) is 14.4. The molecule has 1 aromatic heterocycles. The molecule has 0 saturated heterocycles. The fraction of sp³-hybridized carbons (Fsp3) is 0.618. The maximum Gasteiger partial charge on any atom is 0.198 e. The van der Waals surface area contributed by atoms with E-state index in [-0.39, 0.29) is 5.82 Å². The Balaban J connectivity index is 1.42. The summed E-state index contributed by atoms with van der Waals surface area (Å²) in [5, 5.41) is 2.81. The maximum atomic E-state index is 15.4. The molecular weight excluding hydrogens is 475 g/mol. The van der Waals surface area contributed by atoms with Gasteiger partial charge < -0.3 is 4.42 Å². The lowest BCUT2D eigenvalue weighted by atomic mass is 9.76. The van der Waals surface area contributed by atoms with Crippen LogP contribution in [0.25, 0.3) is 21.7 Å². The van der Waals surface area contributed by atoms with Gasteiger partial charge in [0.05, 0.1) is 0 Å². The van der Waals surface area contributed by atoms with E-state index in [0.717, 1.165) is 46.9 Å². The van der Waals surface area contributed by atoms with E-state index >= 15 is 4.39 Å². The first-order valence-electron chi connectivity index (χ1n) is 15.3. The quantitative estimate of drug-likeness (QED) is 0.119. The summed E-state index contributed by atoms with van der Waals surface area (Å²) in [7, 11) is 0. The Kier molecular flexibility index (Phi) is 11.0. The third-order valence-electron chi connectivity index (χ3n) is 8.76. The monoisotopic (exact) mass is 522 g/mol. The van der Waals surface area contributed by atoms with Crippen molar-refractivity contribution in [3.63, 3.8) is 0 Å².